The molecule has 1 aliphatic heterocycles. The van der Waals surface area contributed by atoms with E-state index in [1.54, 1.807) is 0 Å². The second-order valence-corrected chi connectivity index (χ2v) is 5.24. The third-order valence-corrected chi connectivity index (χ3v) is 4.32. The van der Waals surface area contributed by atoms with Gasteiger partial charge in [-0.1, -0.05) is 46.3 Å². The molecular weight excluding hydrogens is 280 g/mol. The number of ether oxygens (including phenoxy) is 2. The van der Waals surface area contributed by atoms with Crippen molar-refractivity contribution < 1.29 is 9.47 Å². The van der Waals surface area contributed by atoms with Crippen molar-refractivity contribution in [2.75, 3.05) is 18.5 Å². The van der Waals surface area contributed by atoms with E-state index in [1.165, 1.54) is 5.56 Å². The summed E-state index contributed by atoms with van der Waals surface area (Å²) in [6, 6.07) is 10.3. The van der Waals surface area contributed by atoms with E-state index in [1.807, 2.05) is 18.2 Å². The highest BCUT2D eigenvalue weighted by Crippen LogP contribution is 2.28. The average Bonchev–Trinajstić information content (AvgIpc) is 2.90. The molecule has 0 saturated carbocycles. The highest BCUT2D eigenvalue weighted by molar-refractivity contribution is 9.09. The molecule has 0 aromatic heterocycles. The van der Waals surface area contributed by atoms with Crippen molar-refractivity contribution in [2.24, 2.45) is 0 Å². The molecule has 2 unspecified atom stereocenters. The standard InChI is InChI=1S/C14H19BrO2/c1-14(11-15,12-6-3-2-4-7-12)17-10-13-8-5-9-16-13/h2-4,6-7,13H,5,8-11H2,1H3. The van der Waals surface area contributed by atoms with Crippen LogP contribution < -0.4 is 0 Å². The third-order valence-electron chi connectivity index (χ3n) is 3.25. The number of benzene rings is 1. The van der Waals surface area contributed by atoms with E-state index >= 15 is 0 Å². The average molecular weight is 299 g/mol. The van der Waals surface area contributed by atoms with Crippen molar-refractivity contribution in [3.63, 3.8) is 0 Å². The van der Waals surface area contributed by atoms with Gasteiger partial charge in [0.15, 0.2) is 0 Å². The van der Waals surface area contributed by atoms with Gasteiger partial charge in [0.1, 0.15) is 5.60 Å². The van der Waals surface area contributed by atoms with Gasteiger partial charge in [-0.15, -0.1) is 0 Å². The highest BCUT2D eigenvalue weighted by atomic mass is 79.9. The van der Waals surface area contributed by atoms with Gasteiger partial charge in [0.05, 0.1) is 12.7 Å². The molecule has 1 aliphatic rings. The molecule has 0 amide bonds. The fourth-order valence-corrected chi connectivity index (χ4v) is 2.53. The fourth-order valence-electron chi connectivity index (χ4n) is 2.04. The maximum absolute atomic E-state index is 6.08. The quantitative estimate of drug-likeness (QED) is 0.775. The lowest BCUT2D eigenvalue weighted by atomic mass is 9.98. The first-order chi connectivity index (χ1) is 8.24. The summed E-state index contributed by atoms with van der Waals surface area (Å²) in [5.74, 6) is 0. The summed E-state index contributed by atoms with van der Waals surface area (Å²) in [6.45, 7) is 3.67. The summed E-state index contributed by atoms with van der Waals surface area (Å²) >= 11 is 3.55. The van der Waals surface area contributed by atoms with Gasteiger partial charge >= 0.3 is 0 Å². The van der Waals surface area contributed by atoms with Crippen molar-refractivity contribution in [2.45, 2.75) is 31.5 Å². The SMILES string of the molecule is CC(CBr)(OCC1CCCO1)c1ccccc1. The lowest BCUT2D eigenvalue weighted by molar-refractivity contribution is -0.0652. The molecule has 2 nitrogen and oxygen atoms in total. The van der Waals surface area contributed by atoms with Gasteiger partial charge in [0, 0.05) is 11.9 Å². The van der Waals surface area contributed by atoms with Crippen LogP contribution in [0.2, 0.25) is 0 Å². The number of hydrogen-bond donors (Lipinski definition) is 0. The predicted molar refractivity (Wildman–Crippen MR) is 72.5 cm³/mol. The van der Waals surface area contributed by atoms with Crippen molar-refractivity contribution in [3.05, 3.63) is 35.9 Å². The van der Waals surface area contributed by atoms with E-state index in [0.717, 1.165) is 24.8 Å². The Hall–Kier alpha value is -0.380. The zero-order valence-corrected chi connectivity index (χ0v) is 11.8. The van der Waals surface area contributed by atoms with Crippen LogP contribution in [0.1, 0.15) is 25.3 Å². The Morgan fingerprint density at radius 3 is 2.76 bits per heavy atom. The Balaban J connectivity index is 1.98. The van der Waals surface area contributed by atoms with E-state index in [4.69, 9.17) is 9.47 Å². The molecule has 3 heteroatoms. The van der Waals surface area contributed by atoms with Gasteiger partial charge in [-0.25, -0.2) is 0 Å². The molecule has 0 bridgehead atoms. The molecule has 1 aromatic rings. The van der Waals surface area contributed by atoms with Crippen LogP contribution in [-0.2, 0) is 15.1 Å². The summed E-state index contributed by atoms with van der Waals surface area (Å²) in [5.41, 5.74) is 0.933. The molecule has 2 rings (SSSR count). The normalized spacial score (nSPS) is 23.5. The molecule has 0 aliphatic carbocycles. The maximum Gasteiger partial charge on any atom is 0.100 e. The van der Waals surface area contributed by atoms with Crippen LogP contribution in [0.4, 0.5) is 0 Å². The topological polar surface area (TPSA) is 18.5 Å². The maximum atomic E-state index is 6.08. The van der Waals surface area contributed by atoms with Crippen LogP contribution in [0.3, 0.4) is 0 Å². The number of hydrogen-bond acceptors (Lipinski definition) is 2. The molecule has 1 heterocycles. The lowest BCUT2D eigenvalue weighted by Gasteiger charge is -2.29. The molecule has 1 saturated heterocycles. The second kappa shape index (κ2) is 5.98. The Morgan fingerprint density at radius 2 is 2.18 bits per heavy atom. The van der Waals surface area contributed by atoms with Gasteiger partial charge in [0.25, 0.3) is 0 Å². The minimum Gasteiger partial charge on any atom is -0.376 e. The molecular formula is C14H19BrO2. The van der Waals surface area contributed by atoms with Gasteiger partial charge < -0.3 is 9.47 Å². The van der Waals surface area contributed by atoms with Crippen LogP contribution in [0.15, 0.2) is 30.3 Å². The van der Waals surface area contributed by atoms with E-state index in [2.05, 4.69) is 35.0 Å². The monoisotopic (exact) mass is 298 g/mol. The molecule has 0 radical (unpaired) electrons. The van der Waals surface area contributed by atoms with Crippen molar-refractivity contribution in [1.82, 2.24) is 0 Å². The van der Waals surface area contributed by atoms with Crippen molar-refractivity contribution in [1.29, 1.82) is 0 Å². The largest absolute Gasteiger partial charge is 0.376 e. The Kier molecular flexibility index (Phi) is 4.60. The van der Waals surface area contributed by atoms with Crippen LogP contribution in [-0.4, -0.2) is 24.6 Å². The first-order valence-corrected chi connectivity index (χ1v) is 7.24. The van der Waals surface area contributed by atoms with Crippen LogP contribution in [0.5, 0.6) is 0 Å². The molecule has 0 spiro atoms. The number of alkyl halides is 1. The van der Waals surface area contributed by atoms with Crippen LogP contribution in [0, 0.1) is 0 Å². The minimum absolute atomic E-state index is 0.271. The molecule has 1 aromatic carbocycles. The Morgan fingerprint density at radius 1 is 1.41 bits per heavy atom. The van der Waals surface area contributed by atoms with Gasteiger partial charge in [-0.2, -0.15) is 0 Å². The fraction of sp³-hybridized carbons (Fsp3) is 0.571. The molecule has 0 N–H and O–H groups in total. The second-order valence-electron chi connectivity index (χ2n) is 4.68. The van der Waals surface area contributed by atoms with Crippen molar-refractivity contribution in [3.8, 4) is 0 Å². The molecule has 1 fully saturated rings. The van der Waals surface area contributed by atoms with Crippen LogP contribution in [0.25, 0.3) is 0 Å². The lowest BCUT2D eigenvalue weighted by Crippen LogP contribution is -2.31. The Labute approximate surface area is 111 Å². The molecule has 94 valence electrons. The first kappa shape index (κ1) is 13.1. The van der Waals surface area contributed by atoms with E-state index in [-0.39, 0.29) is 11.7 Å². The number of halogens is 1. The summed E-state index contributed by atoms with van der Waals surface area (Å²) in [6.07, 6.45) is 2.55. The number of rotatable bonds is 5. The van der Waals surface area contributed by atoms with Gasteiger partial charge in [0.2, 0.25) is 0 Å². The van der Waals surface area contributed by atoms with Crippen molar-refractivity contribution >= 4 is 15.9 Å². The van der Waals surface area contributed by atoms with E-state index < -0.39 is 0 Å². The van der Waals surface area contributed by atoms with Gasteiger partial charge in [-0.05, 0) is 25.3 Å². The Bertz CT molecular complexity index is 335. The predicted octanol–water partition coefficient (Wildman–Crippen LogP) is 3.49. The smallest absolute Gasteiger partial charge is 0.100 e. The molecule has 17 heavy (non-hydrogen) atoms. The summed E-state index contributed by atoms with van der Waals surface area (Å²) < 4.78 is 11.7. The zero-order chi connectivity index (χ0) is 12.1. The molecule has 2 atom stereocenters. The van der Waals surface area contributed by atoms with Gasteiger partial charge in [-0.3, -0.25) is 0 Å². The summed E-state index contributed by atoms with van der Waals surface area (Å²) in [5, 5.41) is 0.788. The first-order valence-electron chi connectivity index (χ1n) is 6.12. The van der Waals surface area contributed by atoms with E-state index in [9.17, 15) is 0 Å². The summed E-state index contributed by atoms with van der Waals surface area (Å²) in [4.78, 5) is 0. The summed E-state index contributed by atoms with van der Waals surface area (Å²) in [7, 11) is 0. The third kappa shape index (κ3) is 3.30. The minimum atomic E-state index is -0.271. The zero-order valence-electron chi connectivity index (χ0n) is 10.2. The van der Waals surface area contributed by atoms with E-state index in [0.29, 0.717) is 6.61 Å². The van der Waals surface area contributed by atoms with Crippen LogP contribution >= 0.6 is 15.9 Å². The highest BCUT2D eigenvalue weighted by Gasteiger charge is 2.28.